The van der Waals surface area contributed by atoms with Crippen molar-refractivity contribution in [3.8, 4) is 0 Å². The highest BCUT2D eigenvalue weighted by Crippen LogP contribution is 2.23. The van der Waals surface area contributed by atoms with E-state index < -0.39 is 4.92 Å². The number of aromatic nitrogens is 1. The van der Waals surface area contributed by atoms with Gasteiger partial charge in [0.15, 0.2) is 4.80 Å². The van der Waals surface area contributed by atoms with Crippen molar-refractivity contribution in [1.82, 2.24) is 4.57 Å². The monoisotopic (exact) mass is 399 g/mol. The van der Waals surface area contributed by atoms with E-state index in [2.05, 4.69) is 4.99 Å². The average Bonchev–Trinajstić information content (AvgIpc) is 3.03. The van der Waals surface area contributed by atoms with Gasteiger partial charge in [0.05, 0.1) is 21.7 Å². The largest absolute Gasteiger partial charge is 0.383 e. The van der Waals surface area contributed by atoms with Crippen LogP contribution in [0.3, 0.4) is 0 Å². The van der Waals surface area contributed by atoms with Gasteiger partial charge >= 0.3 is 0 Å². The van der Waals surface area contributed by atoms with Crippen LogP contribution in [0.2, 0.25) is 0 Å². The Hall–Kier alpha value is -2.84. The fraction of sp³-hybridized carbons (Fsp3) is 0.300. The lowest BCUT2D eigenvalue weighted by atomic mass is 10.1. The highest BCUT2D eigenvalue weighted by molar-refractivity contribution is 7.16. The summed E-state index contributed by atoms with van der Waals surface area (Å²) >= 11 is 1.28. The quantitative estimate of drug-likeness (QED) is 0.427. The zero-order valence-electron chi connectivity index (χ0n) is 15.5. The molecule has 146 valence electrons. The van der Waals surface area contributed by atoms with Gasteiger partial charge in [-0.15, -0.1) is 0 Å². The van der Waals surface area contributed by atoms with Gasteiger partial charge in [0, 0.05) is 32.2 Å². The molecule has 0 fully saturated rings. The second-order valence-electron chi connectivity index (χ2n) is 6.28. The third kappa shape index (κ3) is 4.90. The number of hydrogen-bond donors (Lipinski definition) is 0. The average molecular weight is 399 g/mol. The van der Waals surface area contributed by atoms with E-state index in [1.54, 1.807) is 13.2 Å². The molecule has 8 heteroatoms. The molecule has 0 bridgehead atoms. The van der Waals surface area contributed by atoms with Crippen LogP contribution in [-0.4, -0.2) is 29.1 Å². The van der Waals surface area contributed by atoms with E-state index in [-0.39, 0.29) is 11.6 Å². The molecule has 0 aliphatic rings. The third-order valence-electron chi connectivity index (χ3n) is 4.32. The zero-order chi connectivity index (χ0) is 19.9. The van der Waals surface area contributed by atoms with E-state index in [1.807, 2.05) is 34.9 Å². The Morgan fingerprint density at radius 3 is 2.75 bits per heavy atom. The first-order valence-corrected chi connectivity index (χ1v) is 9.78. The number of nitro groups is 1. The molecule has 0 aliphatic heterocycles. The molecule has 0 atom stereocenters. The van der Waals surface area contributed by atoms with Crippen LogP contribution in [0, 0.1) is 10.1 Å². The molecular formula is C20H21N3O4S. The summed E-state index contributed by atoms with van der Waals surface area (Å²) in [7, 11) is 1.60. The van der Waals surface area contributed by atoms with Gasteiger partial charge < -0.3 is 9.30 Å². The first-order chi connectivity index (χ1) is 13.6. The summed E-state index contributed by atoms with van der Waals surface area (Å²) in [6.45, 7) is 0.975. The Morgan fingerprint density at radius 2 is 2.04 bits per heavy atom. The molecule has 0 N–H and O–H groups in total. The number of thiazole rings is 1. The second-order valence-corrected chi connectivity index (χ2v) is 7.29. The number of carbonyl (C=O) groups is 1. The van der Waals surface area contributed by atoms with E-state index in [0.717, 1.165) is 23.1 Å². The number of nitro benzene ring substituents is 1. The molecule has 0 spiro atoms. The standard InChI is InChI=1S/C20H21N3O4S/c1-27-13-12-22-17-11-10-16(23(25)26)14-18(17)28-20(22)21-19(24)9-5-8-15-6-3-2-4-7-15/h2-4,6-7,10-11,14H,5,8-9,12-13H2,1H3. The van der Waals surface area contributed by atoms with Gasteiger partial charge in [0.25, 0.3) is 5.69 Å². The summed E-state index contributed by atoms with van der Waals surface area (Å²) in [6.07, 6.45) is 1.90. The molecule has 28 heavy (non-hydrogen) atoms. The smallest absolute Gasteiger partial charge is 0.270 e. The number of methoxy groups -OCH3 is 1. The van der Waals surface area contributed by atoms with E-state index in [1.165, 1.54) is 29.0 Å². The second kappa shape index (κ2) is 9.38. The molecule has 1 heterocycles. The lowest BCUT2D eigenvalue weighted by molar-refractivity contribution is -0.384. The number of carbonyl (C=O) groups excluding carboxylic acids is 1. The van der Waals surface area contributed by atoms with E-state index in [9.17, 15) is 14.9 Å². The molecule has 0 radical (unpaired) electrons. The number of nitrogens with zero attached hydrogens (tertiary/aromatic N) is 3. The summed E-state index contributed by atoms with van der Waals surface area (Å²) in [5.74, 6) is -0.192. The van der Waals surface area contributed by atoms with Crippen LogP contribution >= 0.6 is 11.3 Å². The summed E-state index contributed by atoms with van der Waals surface area (Å²) < 4.78 is 7.75. The van der Waals surface area contributed by atoms with Crippen LogP contribution in [0.25, 0.3) is 10.2 Å². The van der Waals surface area contributed by atoms with Crippen LogP contribution in [0.15, 0.2) is 53.5 Å². The molecule has 1 amide bonds. The molecule has 0 unspecified atom stereocenters. The van der Waals surface area contributed by atoms with Crippen LogP contribution in [0.4, 0.5) is 5.69 Å². The molecule has 0 saturated carbocycles. The Balaban J connectivity index is 1.82. The van der Waals surface area contributed by atoms with Gasteiger partial charge in [-0.3, -0.25) is 14.9 Å². The van der Waals surface area contributed by atoms with Crippen molar-refractivity contribution in [1.29, 1.82) is 0 Å². The Bertz CT molecular complexity index is 1040. The highest BCUT2D eigenvalue weighted by Gasteiger charge is 2.12. The van der Waals surface area contributed by atoms with E-state index in [0.29, 0.717) is 24.4 Å². The summed E-state index contributed by atoms with van der Waals surface area (Å²) in [6, 6.07) is 14.7. The number of rotatable bonds is 8. The number of hydrogen-bond acceptors (Lipinski definition) is 5. The minimum atomic E-state index is -0.426. The summed E-state index contributed by atoms with van der Waals surface area (Å²) in [5, 5.41) is 11.0. The van der Waals surface area contributed by atoms with Gasteiger partial charge in [-0.25, -0.2) is 0 Å². The zero-order valence-corrected chi connectivity index (χ0v) is 16.4. The number of aryl methyl sites for hydroxylation is 1. The summed E-state index contributed by atoms with van der Waals surface area (Å²) in [4.78, 5) is 27.8. The van der Waals surface area contributed by atoms with Crippen molar-refractivity contribution in [2.24, 2.45) is 4.99 Å². The van der Waals surface area contributed by atoms with Gasteiger partial charge in [0.2, 0.25) is 5.91 Å². The van der Waals surface area contributed by atoms with Gasteiger partial charge in [-0.05, 0) is 24.5 Å². The number of benzene rings is 2. The lowest BCUT2D eigenvalue weighted by Crippen LogP contribution is -2.19. The van der Waals surface area contributed by atoms with Crippen molar-refractivity contribution in [3.05, 3.63) is 69.0 Å². The van der Waals surface area contributed by atoms with Crippen molar-refractivity contribution in [3.63, 3.8) is 0 Å². The van der Waals surface area contributed by atoms with Crippen molar-refractivity contribution >= 4 is 33.1 Å². The molecule has 3 aromatic rings. The number of ether oxygens (including phenoxy) is 1. The maximum absolute atomic E-state index is 12.4. The third-order valence-corrected chi connectivity index (χ3v) is 5.36. The van der Waals surface area contributed by atoms with Crippen LogP contribution in [0.5, 0.6) is 0 Å². The predicted molar refractivity (Wildman–Crippen MR) is 108 cm³/mol. The normalized spacial score (nSPS) is 11.8. The molecule has 7 nitrogen and oxygen atoms in total. The Kier molecular flexibility index (Phi) is 6.67. The van der Waals surface area contributed by atoms with E-state index in [4.69, 9.17) is 4.74 Å². The molecule has 0 aliphatic carbocycles. The first kappa shape index (κ1) is 19.9. The number of non-ortho nitro benzene ring substituents is 1. The van der Waals surface area contributed by atoms with Crippen LogP contribution < -0.4 is 4.80 Å². The molecule has 0 saturated heterocycles. The van der Waals surface area contributed by atoms with Crippen molar-refractivity contribution < 1.29 is 14.5 Å². The molecule has 3 rings (SSSR count). The molecular weight excluding hydrogens is 378 g/mol. The van der Waals surface area contributed by atoms with Crippen LogP contribution in [-0.2, 0) is 22.5 Å². The lowest BCUT2D eigenvalue weighted by Gasteiger charge is -2.04. The SMILES string of the molecule is COCCn1c(=NC(=O)CCCc2ccccc2)sc2cc([N+](=O)[O-])ccc21. The number of amides is 1. The Morgan fingerprint density at radius 1 is 1.25 bits per heavy atom. The molecule has 2 aromatic carbocycles. The fourth-order valence-corrected chi connectivity index (χ4v) is 4.02. The topological polar surface area (TPSA) is 86.7 Å². The highest BCUT2D eigenvalue weighted by atomic mass is 32.1. The minimum absolute atomic E-state index is 0.0216. The maximum Gasteiger partial charge on any atom is 0.270 e. The van der Waals surface area contributed by atoms with Crippen LogP contribution in [0.1, 0.15) is 18.4 Å². The summed E-state index contributed by atoms with van der Waals surface area (Å²) in [5.41, 5.74) is 2.02. The van der Waals surface area contributed by atoms with E-state index >= 15 is 0 Å². The fourth-order valence-electron chi connectivity index (χ4n) is 2.91. The Labute approximate surface area is 166 Å². The van der Waals surface area contributed by atoms with Crippen molar-refractivity contribution in [2.45, 2.75) is 25.8 Å². The predicted octanol–water partition coefficient (Wildman–Crippen LogP) is 3.71. The maximum atomic E-state index is 12.4. The first-order valence-electron chi connectivity index (χ1n) is 8.96. The van der Waals surface area contributed by atoms with Gasteiger partial charge in [0.1, 0.15) is 0 Å². The van der Waals surface area contributed by atoms with Crippen molar-refractivity contribution in [2.75, 3.05) is 13.7 Å². The van der Waals surface area contributed by atoms with Gasteiger partial charge in [-0.2, -0.15) is 4.99 Å². The molecule has 1 aromatic heterocycles. The minimum Gasteiger partial charge on any atom is -0.383 e. The number of fused-ring (bicyclic) bond motifs is 1. The van der Waals surface area contributed by atoms with Gasteiger partial charge in [-0.1, -0.05) is 41.7 Å².